The molecule has 0 radical (unpaired) electrons. The fourth-order valence-electron chi connectivity index (χ4n) is 1.70. The Hall–Kier alpha value is -0.170. The quantitative estimate of drug-likeness (QED) is 0.811. The van der Waals surface area contributed by atoms with Crippen molar-refractivity contribution in [3.05, 3.63) is 0 Å². The lowest BCUT2D eigenvalue weighted by atomic mass is 9.96. The van der Waals surface area contributed by atoms with Gasteiger partial charge >= 0.3 is 0 Å². The lowest BCUT2D eigenvalue weighted by Crippen LogP contribution is -2.45. The summed E-state index contributed by atoms with van der Waals surface area (Å²) in [7, 11) is 1.98. The van der Waals surface area contributed by atoms with E-state index < -0.39 is 19.0 Å². The number of alkyl halides is 2. The summed E-state index contributed by atoms with van der Waals surface area (Å²) in [6.45, 7) is 0.284. The lowest BCUT2D eigenvalue weighted by molar-refractivity contribution is -0.128. The number of hydrogen-bond acceptors (Lipinski definition) is 3. The Morgan fingerprint density at radius 3 is 2.33 bits per heavy atom. The Labute approximate surface area is 118 Å². The second kappa shape index (κ2) is 8.85. The first-order valence-corrected chi connectivity index (χ1v) is 5.49. The Balaban J connectivity index is 0. The van der Waals surface area contributed by atoms with Crippen LogP contribution in [-0.2, 0) is 4.79 Å². The zero-order valence-corrected chi connectivity index (χ0v) is 12.0. The van der Waals surface area contributed by atoms with Crippen LogP contribution in [0, 0.1) is 5.92 Å². The number of rotatable bonds is 4. The van der Waals surface area contributed by atoms with Crippen LogP contribution in [0.25, 0.3) is 0 Å². The number of nitrogens with two attached hydrogens (primary N) is 1. The van der Waals surface area contributed by atoms with E-state index in [4.69, 9.17) is 5.73 Å². The molecule has 0 aromatic carbocycles. The highest BCUT2D eigenvalue weighted by Gasteiger charge is 2.29. The maximum atomic E-state index is 12.8. The number of nitrogens with one attached hydrogen (secondary N) is 1. The van der Waals surface area contributed by atoms with E-state index in [1.165, 1.54) is 0 Å². The molecular weight excluding hydrogens is 287 g/mol. The molecule has 0 bridgehead atoms. The van der Waals surface area contributed by atoms with Gasteiger partial charge < -0.3 is 16.0 Å². The van der Waals surface area contributed by atoms with Crippen LogP contribution in [0.3, 0.4) is 0 Å². The summed E-state index contributed by atoms with van der Waals surface area (Å²) in [6, 6.07) is 0. The van der Waals surface area contributed by atoms with E-state index in [2.05, 4.69) is 10.2 Å². The van der Waals surface area contributed by atoms with Gasteiger partial charge in [0.15, 0.2) is 0 Å². The maximum Gasteiger partial charge on any atom is 0.277 e. The zero-order chi connectivity index (χ0) is 12.2. The maximum absolute atomic E-state index is 12.8. The number of piperidine rings is 1. The molecular formula is C10H21Cl2F2N3O. The summed E-state index contributed by atoms with van der Waals surface area (Å²) in [6.07, 6.45) is 1.47. The Kier molecular flexibility index (Phi) is 9.91. The number of halogens is 4. The normalized spacial score (nSPS) is 17.6. The number of carbonyl (C=O) groups is 1. The van der Waals surface area contributed by atoms with Gasteiger partial charge in [-0.3, -0.25) is 4.79 Å². The third-order valence-corrected chi connectivity index (χ3v) is 2.91. The molecule has 110 valence electrons. The number of hydrogen-bond donors (Lipinski definition) is 2. The minimum absolute atomic E-state index is 0. The summed E-state index contributed by atoms with van der Waals surface area (Å²) in [5.41, 5.74) is 4.88. The number of nitrogens with zero attached hydrogens (tertiary/aromatic N) is 1. The van der Waals surface area contributed by atoms with Crippen molar-refractivity contribution in [3.63, 3.8) is 0 Å². The van der Waals surface area contributed by atoms with Crippen LogP contribution >= 0.6 is 24.8 Å². The van der Waals surface area contributed by atoms with Gasteiger partial charge in [-0.1, -0.05) is 0 Å². The lowest BCUT2D eigenvalue weighted by Gasteiger charge is -2.28. The van der Waals surface area contributed by atoms with Gasteiger partial charge in [-0.05, 0) is 33.0 Å². The first-order chi connectivity index (χ1) is 7.44. The van der Waals surface area contributed by atoms with E-state index in [0.717, 1.165) is 25.9 Å². The van der Waals surface area contributed by atoms with Crippen molar-refractivity contribution in [2.75, 3.05) is 33.2 Å². The van der Waals surface area contributed by atoms with Crippen LogP contribution < -0.4 is 11.1 Å². The number of amides is 1. The molecule has 4 nitrogen and oxygen atoms in total. The molecule has 18 heavy (non-hydrogen) atoms. The highest BCUT2D eigenvalue weighted by Crippen LogP contribution is 2.16. The molecule has 1 aliphatic rings. The highest BCUT2D eigenvalue weighted by atomic mass is 35.5. The topological polar surface area (TPSA) is 58.4 Å². The van der Waals surface area contributed by atoms with Crippen molar-refractivity contribution >= 4 is 30.7 Å². The van der Waals surface area contributed by atoms with E-state index >= 15 is 0 Å². The van der Waals surface area contributed by atoms with Gasteiger partial charge in [0.25, 0.3) is 5.92 Å². The summed E-state index contributed by atoms with van der Waals surface area (Å²) < 4.78 is 25.6. The number of carbonyl (C=O) groups excluding carboxylic acids is 1. The second-order valence-electron chi connectivity index (χ2n) is 4.36. The van der Waals surface area contributed by atoms with Crippen LogP contribution in [0.4, 0.5) is 8.78 Å². The van der Waals surface area contributed by atoms with Crippen LogP contribution in [0.15, 0.2) is 0 Å². The molecule has 8 heteroatoms. The van der Waals surface area contributed by atoms with Crippen LogP contribution in [-0.4, -0.2) is 50.0 Å². The van der Waals surface area contributed by atoms with Crippen molar-refractivity contribution in [3.8, 4) is 0 Å². The van der Waals surface area contributed by atoms with E-state index in [0.29, 0.717) is 0 Å². The standard InChI is InChI=1S/C10H19F2N3O.2ClH/c1-15-4-2-8(3-5-15)9(16)14-7-10(11,12)6-13;;/h8H,2-7,13H2,1H3,(H,14,16);2*1H. The molecule has 0 aromatic heterocycles. The molecule has 1 aliphatic heterocycles. The minimum Gasteiger partial charge on any atom is -0.350 e. The molecule has 1 rings (SSSR count). The molecule has 0 spiro atoms. The van der Waals surface area contributed by atoms with Crippen molar-refractivity contribution in [1.29, 1.82) is 0 Å². The average molecular weight is 308 g/mol. The average Bonchev–Trinajstić information content (AvgIpc) is 2.27. The van der Waals surface area contributed by atoms with Gasteiger partial charge in [0, 0.05) is 5.92 Å². The van der Waals surface area contributed by atoms with Crippen LogP contribution in [0.2, 0.25) is 0 Å². The Morgan fingerprint density at radius 1 is 1.39 bits per heavy atom. The second-order valence-corrected chi connectivity index (χ2v) is 4.36. The monoisotopic (exact) mass is 307 g/mol. The largest absolute Gasteiger partial charge is 0.350 e. The molecule has 1 heterocycles. The van der Waals surface area contributed by atoms with Gasteiger partial charge in [-0.2, -0.15) is 0 Å². The molecule has 0 aliphatic carbocycles. The zero-order valence-electron chi connectivity index (χ0n) is 10.3. The van der Waals surface area contributed by atoms with Gasteiger partial charge in [-0.25, -0.2) is 8.78 Å². The first kappa shape index (κ1) is 20.2. The predicted octanol–water partition coefficient (Wildman–Crippen LogP) is 0.882. The van der Waals surface area contributed by atoms with Crippen molar-refractivity contribution in [1.82, 2.24) is 10.2 Å². The number of likely N-dealkylation sites (tertiary alicyclic amines) is 1. The SMILES string of the molecule is CN1CCC(C(=O)NCC(F)(F)CN)CC1.Cl.Cl. The van der Waals surface area contributed by atoms with Crippen molar-refractivity contribution in [2.45, 2.75) is 18.8 Å². The predicted molar refractivity (Wildman–Crippen MR) is 71.7 cm³/mol. The molecule has 0 atom stereocenters. The molecule has 3 N–H and O–H groups in total. The highest BCUT2D eigenvalue weighted by molar-refractivity contribution is 5.85. The first-order valence-electron chi connectivity index (χ1n) is 5.49. The summed E-state index contributed by atoms with van der Waals surface area (Å²) >= 11 is 0. The minimum atomic E-state index is -3.00. The van der Waals surface area contributed by atoms with Crippen LogP contribution in [0.5, 0.6) is 0 Å². The molecule has 1 saturated heterocycles. The van der Waals surface area contributed by atoms with E-state index in [1.54, 1.807) is 0 Å². The van der Waals surface area contributed by atoms with Crippen molar-refractivity contribution < 1.29 is 13.6 Å². The Morgan fingerprint density at radius 2 is 1.89 bits per heavy atom. The third kappa shape index (κ3) is 6.68. The van der Waals surface area contributed by atoms with Gasteiger partial charge in [-0.15, -0.1) is 24.8 Å². The van der Waals surface area contributed by atoms with E-state index in [-0.39, 0.29) is 36.6 Å². The third-order valence-electron chi connectivity index (χ3n) is 2.91. The summed E-state index contributed by atoms with van der Waals surface area (Å²) in [4.78, 5) is 13.7. The molecule has 0 unspecified atom stereocenters. The Bertz CT molecular complexity index is 249. The van der Waals surface area contributed by atoms with Gasteiger partial charge in [0.2, 0.25) is 5.91 Å². The van der Waals surface area contributed by atoms with Gasteiger partial charge in [0.05, 0.1) is 13.1 Å². The molecule has 0 saturated carbocycles. The fourth-order valence-corrected chi connectivity index (χ4v) is 1.70. The fraction of sp³-hybridized carbons (Fsp3) is 0.900. The molecule has 1 fully saturated rings. The van der Waals surface area contributed by atoms with E-state index in [9.17, 15) is 13.6 Å². The summed E-state index contributed by atoms with van der Waals surface area (Å²) in [5.74, 6) is -3.41. The van der Waals surface area contributed by atoms with Gasteiger partial charge in [0.1, 0.15) is 0 Å². The van der Waals surface area contributed by atoms with Crippen LogP contribution in [0.1, 0.15) is 12.8 Å². The molecule has 1 amide bonds. The molecule has 0 aromatic rings. The smallest absolute Gasteiger partial charge is 0.277 e. The van der Waals surface area contributed by atoms with E-state index in [1.807, 2.05) is 7.05 Å². The van der Waals surface area contributed by atoms with Crippen molar-refractivity contribution in [2.24, 2.45) is 11.7 Å². The summed E-state index contributed by atoms with van der Waals surface area (Å²) in [5, 5.41) is 2.27.